The Morgan fingerprint density at radius 3 is 2.35 bits per heavy atom. The molecule has 2 heterocycles. The van der Waals surface area contributed by atoms with Gasteiger partial charge >= 0.3 is 0 Å². The first-order chi connectivity index (χ1) is 18.0. The van der Waals surface area contributed by atoms with Crippen LogP contribution < -0.4 is 16.1 Å². The van der Waals surface area contributed by atoms with Crippen LogP contribution in [0.2, 0.25) is 0 Å². The second-order valence-corrected chi connectivity index (χ2v) is 12.0. The minimum atomic E-state index is -0.759. The van der Waals surface area contributed by atoms with Gasteiger partial charge in [0.15, 0.2) is 5.11 Å². The molecule has 3 N–H and O–H groups in total. The van der Waals surface area contributed by atoms with Gasteiger partial charge in [-0.15, -0.1) is 0 Å². The molecule has 1 aromatic rings. The van der Waals surface area contributed by atoms with Crippen LogP contribution in [-0.4, -0.2) is 46.5 Å². The number of nitrogens with one attached hydrogen (secondary N) is 3. The molecule has 0 amide bonds. The molecule has 202 valence electrons. The molecule has 6 aliphatic rings. The predicted molar refractivity (Wildman–Crippen MR) is 142 cm³/mol. The first kappa shape index (κ1) is 25.6. The van der Waals surface area contributed by atoms with Crippen LogP contribution in [0.3, 0.4) is 0 Å². The van der Waals surface area contributed by atoms with Gasteiger partial charge in [0.25, 0.3) is 0 Å². The highest BCUT2D eigenvalue weighted by Gasteiger charge is 2.64. The Kier molecular flexibility index (Phi) is 7.48. The fraction of sp³-hybridized carbons (Fsp3) is 0.741. The number of aromatic nitrogens is 1. The highest BCUT2D eigenvalue weighted by atomic mass is 32.1. The zero-order valence-electron chi connectivity index (χ0n) is 21.6. The lowest BCUT2D eigenvalue weighted by Gasteiger charge is -2.60. The average Bonchev–Trinajstić information content (AvgIpc) is 2.92. The number of hydrogen-bond acceptors (Lipinski definition) is 8. The quantitative estimate of drug-likeness (QED) is 0.159. The summed E-state index contributed by atoms with van der Waals surface area (Å²) in [4.78, 5) is 28.7. The fourth-order valence-corrected chi connectivity index (χ4v) is 7.40. The molecule has 7 rings (SSSR count). The third kappa shape index (κ3) is 5.42. The Bertz CT molecular complexity index is 944. The van der Waals surface area contributed by atoms with Crippen molar-refractivity contribution >= 4 is 23.0 Å². The van der Waals surface area contributed by atoms with E-state index < -0.39 is 11.6 Å². The van der Waals surface area contributed by atoms with Crippen molar-refractivity contribution < 1.29 is 19.6 Å². The second kappa shape index (κ2) is 10.8. The van der Waals surface area contributed by atoms with Gasteiger partial charge in [0.05, 0.1) is 11.4 Å². The topological polar surface area (TPSA) is 98.3 Å². The largest absolute Gasteiger partial charge is 0.361 e. The number of thiocarbonyl (C=S) groups is 1. The van der Waals surface area contributed by atoms with Crippen LogP contribution in [0.25, 0.3) is 0 Å². The summed E-state index contributed by atoms with van der Waals surface area (Å²) in [6.45, 7) is 3.58. The number of rotatable bonds is 7. The van der Waals surface area contributed by atoms with E-state index in [-0.39, 0.29) is 0 Å². The van der Waals surface area contributed by atoms with Crippen LogP contribution in [0, 0.1) is 23.7 Å². The van der Waals surface area contributed by atoms with Gasteiger partial charge in [0, 0.05) is 43.5 Å². The second-order valence-electron chi connectivity index (χ2n) is 11.6. The molecule has 1 aliphatic heterocycles. The summed E-state index contributed by atoms with van der Waals surface area (Å²) in [6, 6.07) is 6.17. The third-order valence-electron chi connectivity index (χ3n) is 9.10. The van der Waals surface area contributed by atoms with E-state index in [1.165, 1.54) is 32.1 Å². The molecule has 0 unspecified atom stereocenters. The first-order valence-electron chi connectivity index (χ1n) is 14.0. The van der Waals surface area contributed by atoms with Gasteiger partial charge in [0.1, 0.15) is 0 Å². The molecule has 5 saturated carbocycles. The molecule has 4 bridgehead atoms. The number of hydrogen-bond donors (Lipinski definition) is 3. The van der Waals surface area contributed by atoms with Crippen LogP contribution in [0.15, 0.2) is 29.5 Å². The molecule has 6 fully saturated rings. The van der Waals surface area contributed by atoms with Crippen LogP contribution in [0.1, 0.15) is 76.8 Å². The monoisotopic (exact) mass is 529 g/mol. The van der Waals surface area contributed by atoms with E-state index in [0.717, 1.165) is 68.4 Å². The van der Waals surface area contributed by atoms with E-state index in [9.17, 15) is 0 Å². The maximum absolute atomic E-state index is 6.16. The lowest BCUT2D eigenvalue weighted by atomic mass is 9.53. The summed E-state index contributed by atoms with van der Waals surface area (Å²) in [5, 5.41) is 11.7. The number of nitrogens with zero attached hydrogens (tertiary/aromatic N) is 2. The summed E-state index contributed by atoms with van der Waals surface area (Å²) >= 11 is 5.32. The summed E-state index contributed by atoms with van der Waals surface area (Å²) in [5.41, 5.74) is 4.50. The summed E-state index contributed by atoms with van der Waals surface area (Å²) < 4.78 is 0. The first-order valence-corrected chi connectivity index (χ1v) is 14.4. The van der Waals surface area contributed by atoms with Crippen molar-refractivity contribution in [1.82, 2.24) is 21.0 Å². The molecule has 9 nitrogen and oxygen atoms in total. The van der Waals surface area contributed by atoms with Crippen molar-refractivity contribution in [2.45, 2.75) is 88.7 Å². The summed E-state index contributed by atoms with van der Waals surface area (Å²) in [6.07, 6.45) is 12.3. The lowest BCUT2D eigenvalue weighted by Crippen LogP contribution is -2.65. The SMILES string of the molecule is C/C(=N/NC(=S)NCCCNC1CCC2(CC1)OOC1(OO2)C2CC3CC(C2)CC1C3)c1ccccn1. The standard InChI is InChI=1S/C27H39N5O4S/c1-18(24-5-2-3-10-29-24)31-32-25(37)30-12-4-11-28-23-6-8-26(9-7-23)33-35-27(36-34-26)21-14-19-13-20(16-21)17-22(27)15-19/h2-3,5,10,19-23,28H,4,6-9,11-17H2,1H3,(H2,30,32,37)/b31-18-. The van der Waals surface area contributed by atoms with Gasteiger partial charge in [-0.2, -0.15) is 24.7 Å². The van der Waals surface area contributed by atoms with Gasteiger partial charge in [0.2, 0.25) is 11.6 Å². The number of pyridine rings is 1. The molecular formula is C27H39N5O4S. The minimum absolute atomic E-state index is 0.410. The summed E-state index contributed by atoms with van der Waals surface area (Å²) in [7, 11) is 0. The van der Waals surface area contributed by atoms with Crippen molar-refractivity contribution in [3.63, 3.8) is 0 Å². The van der Waals surface area contributed by atoms with Crippen LogP contribution in [0.5, 0.6) is 0 Å². The molecule has 10 heteroatoms. The lowest BCUT2D eigenvalue weighted by molar-refractivity contribution is -0.680. The maximum Gasteiger partial charge on any atom is 0.239 e. The van der Waals surface area contributed by atoms with E-state index in [4.69, 9.17) is 31.8 Å². The Morgan fingerprint density at radius 2 is 1.70 bits per heavy atom. The van der Waals surface area contributed by atoms with Crippen LogP contribution in [0.4, 0.5) is 0 Å². The van der Waals surface area contributed by atoms with Gasteiger partial charge < -0.3 is 10.6 Å². The molecule has 0 atom stereocenters. The normalized spacial score (nSPS) is 38.7. The zero-order valence-corrected chi connectivity index (χ0v) is 22.4. The van der Waals surface area contributed by atoms with Crippen LogP contribution in [-0.2, 0) is 19.6 Å². The molecule has 0 radical (unpaired) electrons. The highest BCUT2D eigenvalue weighted by Crippen LogP contribution is 2.61. The van der Waals surface area contributed by atoms with Crippen molar-refractivity contribution in [2.75, 3.05) is 13.1 Å². The summed E-state index contributed by atoms with van der Waals surface area (Å²) in [5.74, 6) is 1.08. The van der Waals surface area contributed by atoms with E-state index in [1.807, 2.05) is 25.1 Å². The van der Waals surface area contributed by atoms with Crippen molar-refractivity contribution in [3.05, 3.63) is 30.1 Å². The van der Waals surface area contributed by atoms with E-state index in [0.29, 0.717) is 23.0 Å². The van der Waals surface area contributed by atoms with E-state index >= 15 is 0 Å². The smallest absolute Gasteiger partial charge is 0.239 e. The molecular weight excluding hydrogens is 490 g/mol. The van der Waals surface area contributed by atoms with Crippen molar-refractivity contribution in [1.29, 1.82) is 0 Å². The Morgan fingerprint density at radius 1 is 1.00 bits per heavy atom. The Balaban J connectivity index is 0.867. The van der Waals surface area contributed by atoms with Gasteiger partial charge in [-0.3, -0.25) is 10.4 Å². The highest BCUT2D eigenvalue weighted by molar-refractivity contribution is 7.80. The van der Waals surface area contributed by atoms with Crippen molar-refractivity contribution in [3.8, 4) is 0 Å². The van der Waals surface area contributed by atoms with E-state index in [1.54, 1.807) is 6.20 Å². The van der Waals surface area contributed by atoms with Crippen molar-refractivity contribution in [2.24, 2.45) is 28.8 Å². The number of hydrazone groups is 1. The van der Waals surface area contributed by atoms with Gasteiger partial charge in [-0.1, -0.05) is 6.07 Å². The Labute approximate surface area is 224 Å². The van der Waals surface area contributed by atoms with Gasteiger partial charge in [-0.05, 0) is 101 Å². The molecule has 0 aromatic carbocycles. The third-order valence-corrected chi connectivity index (χ3v) is 9.34. The van der Waals surface area contributed by atoms with Crippen LogP contribution >= 0.6 is 12.2 Å². The minimum Gasteiger partial charge on any atom is -0.361 e. The molecule has 2 spiro atoms. The molecule has 5 aliphatic carbocycles. The molecule has 37 heavy (non-hydrogen) atoms. The van der Waals surface area contributed by atoms with E-state index in [2.05, 4.69) is 26.1 Å². The van der Waals surface area contributed by atoms with Gasteiger partial charge in [-0.25, -0.2) is 0 Å². The fourth-order valence-electron chi connectivity index (χ4n) is 7.26. The molecule has 1 saturated heterocycles. The molecule has 1 aromatic heterocycles. The zero-order chi connectivity index (χ0) is 25.3. The average molecular weight is 530 g/mol. The Hall–Kier alpha value is -1.69. The maximum atomic E-state index is 6.16. The predicted octanol–water partition coefficient (Wildman–Crippen LogP) is 3.95.